The van der Waals surface area contributed by atoms with Crippen LogP contribution in [0.5, 0.6) is 11.5 Å². The number of aliphatic carboxylic acids is 2. The number of benzene rings is 2. The summed E-state index contributed by atoms with van der Waals surface area (Å²) in [5.41, 5.74) is 3.13. The Morgan fingerprint density at radius 3 is 2.23 bits per heavy atom. The van der Waals surface area contributed by atoms with Crippen molar-refractivity contribution in [3.63, 3.8) is 0 Å². The Morgan fingerprint density at radius 1 is 1.03 bits per heavy atom. The highest BCUT2D eigenvalue weighted by atomic mass is 16.5. The minimum absolute atomic E-state index is 0.443. The van der Waals surface area contributed by atoms with Gasteiger partial charge in [-0.25, -0.2) is 9.59 Å². The van der Waals surface area contributed by atoms with Gasteiger partial charge < -0.3 is 25.0 Å². The molecular formula is C25H28N4O6. The number of nitrogens with zero attached hydrogens (tertiary/aromatic N) is 3. The van der Waals surface area contributed by atoms with E-state index in [0.29, 0.717) is 39.3 Å². The van der Waals surface area contributed by atoms with Gasteiger partial charge in [-0.05, 0) is 31.2 Å². The first-order chi connectivity index (χ1) is 16.9. The topological polar surface area (TPSA) is 147 Å². The fourth-order valence-corrected chi connectivity index (χ4v) is 2.97. The van der Waals surface area contributed by atoms with E-state index in [9.17, 15) is 0 Å². The first-order valence-electron chi connectivity index (χ1n) is 11.0. The molecule has 2 aromatic carbocycles. The average Bonchev–Trinajstić information content (AvgIpc) is 3.27. The van der Waals surface area contributed by atoms with Crippen molar-refractivity contribution >= 4 is 11.9 Å². The summed E-state index contributed by atoms with van der Waals surface area (Å²) in [7, 11) is 0. The number of carbonyl (C=O) groups is 2. The van der Waals surface area contributed by atoms with Crippen LogP contribution in [0.1, 0.15) is 18.9 Å². The molecule has 0 radical (unpaired) electrons. The molecule has 0 saturated heterocycles. The van der Waals surface area contributed by atoms with E-state index >= 15 is 0 Å². The number of hydrogen-bond acceptors (Lipinski definition) is 7. The lowest BCUT2D eigenvalue weighted by Gasteiger charge is -2.09. The molecule has 3 N–H and O–H groups in total. The maximum atomic E-state index is 9.10. The van der Waals surface area contributed by atoms with Crippen LogP contribution in [0.25, 0.3) is 11.3 Å². The van der Waals surface area contributed by atoms with Gasteiger partial charge >= 0.3 is 11.9 Å². The van der Waals surface area contributed by atoms with Gasteiger partial charge in [0.15, 0.2) is 0 Å². The minimum atomic E-state index is -1.82. The van der Waals surface area contributed by atoms with Crippen molar-refractivity contribution in [1.29, 1.82) is 5.26 Å². The van der Waals surface area contributed by atoms with Crippen molar-refractivity contribution in [2.75, 3.05) is 19.8 Å². The molecular weight excluding hydrogens is 452 g/mol. The summed E-state index contributed by atoms with van der Waals surface area (Å²) in [6.07, 6.45) is 2.46. The highest BCUT2D eigenvalue weighted by Gasteiger charge is 2.11. The second-order valence-electron chi connectivity index (χ2n) is 7.08. The Labute approximate surface area is 203 Å². The monoisotopic (exact) mass is 480 g/mol. The fourth-order valence-electron chi connectivity index (χ4n) is 2.97. The van der Waals surface area contributed by atoms with Gasteiger partial charge in [-0.2, -0.15) is 10.4 Å². The predicted octanol–water partition coefficient (Wildman–Crippen LogP) is 3.19. The Kier molecular flexibility index (Phi) is 11.3. The Balaban J connectivity index is 0.000000641. The van der Waals surface area contributed by atoms with Gasteiger partial charge in [-0.15, -0.1) is 0 Å². The number of hydrogen-bond donors (Lipinski definition) is 3. The molecule has 0 aliphatic carbocycles. The van der Waals surface area contributed by atoms with Crippen LogP contribution in [0.15, 0.2) is 60.8 Å². The van der Waals surface area contributed by atoms with Crippen molar-refractivity contribution in [3.05, 3.63) is 66.4 Å². The SMILES string of the molecule is CCOc1ccc(OCCNCc2cn(CCC#N)nc2-c2ccccc2)cc1.O=C(O)C(=O)O. The van der Waals surface area contributed by atoms with Gasteiger partial charge in [-0.1, -0.05) is 30.3 Å². The third kappa shape index (κ3) is 9.57. The average molecular weight is 481 g/mol. The van der Waals surface area contributed by atoms with E-state index in [1.807, 2.05) is 60.3 Å². The highest BCUT2D eigenvalue weighted by molar-refractivity contribution is 6.27. The largest absolute Gasteiger partial charge is 0.494 e. The minimum Gasteiger partial charge on any atom is -0.494 e. The molecule has 184 valence electrons. The Morgan fingerprint density at radius 2 is 1.66 bits per heavy atom. The fraction of sp³-hybridized carbons (Fsp3) is 0.280. The lowest BCUT2D eigenvalue weighted by atomic mass is 10.1. The standard InChI is InChI=1S/C23H26N4O2.C2H2O4/c1-2-28-21-9-11-22(12-10-21)29-16-14-25-17-20-18-27(15-6-13-24)26-23(20)19-7-4-3-5-8-19;3-1(4)2(5)6/h3-5,7-12,18,25H,2,6,14-17H2,1H3;(H,3,4)(H,5,6). The van der Waals surface area contributed by atoms with Gasteiger partial charge in [0.2, 0.25) is 0 Å². The molecule has 3 aromatic rings. The van der Waals surface area contributed by atoms with Gasteiger partial charge in [0.05, 0.1) is 31.3 Å². The van der Waals surface area contributed by atoms with E-state index in [1.54, 1.807) is 0 Å². The lowest BCUT2D eigenvalue weighted by molar-refractivity contribution is -0.159. The zero-order valence-corrected chi connectivity index (χ0v) is 19.4. The van der Waals surface area contributed by atoms with Crippen LogP contribution in [-0.4, -0.2) is 51.7 Å². The van der Waals surface area contributed by atoms with Gasteiger partial charge in [0.25, 0.3) is 0 Å². The molecule has 10 nitrogen and oxygen atoms in total. The summed E-state index contributed by atoms with van der Waals surface area (Å²) in [6.45, 7) is 5.18. The molecule has 1 aromatic heterocycles. The highest BCUT2D eigenvalue weighted by Crippen LogP contribution is 2.22. The summed E-state index contributed by atoms with van der Waals surface area (Å²) >= 11 is 0. The maximum absolute atomic E-state index is 9.10. The number of nitriles is 1. The van der Waals surface area contributed by atoms with E-state index < -0.39 is 11.9 Å². The molecule has 0 unspecified atom stereocenters. The molecule has 3 rings (SSSR count). The summed E-state index contributed by atoms with van der Waals surface area (Å²) in [5.74, 6) is -1.98. The van der Waals surface area contributed by atoms with Gasteiger partial charge in [0.1, 0.15) is 18.1 Å². The number of aromatic nitrogens is 2. The molecule has 0 spiro atoms. The molecule has 0 atom stereocenters. The number of rotatable bonds is 11. The van der Waals surface area contributed by atoms with Crippen molar-refractivity contribution in [2.45, 2.75) is 26.4 Å². The van der Waals surface area contributed by atoms with Crippen molar-refractivity contribution in [3.8, 4) is 28.8 Å². The first kappa shape index (κ1) is 26.9. The smallest absolute Gasteiger partial charge is 0.414 e. The predicted molar refractivity (Wildman–Crippen MR) is 128 cm³/mol. The number of aryl methyl sites for hydroxylation is 1. The summed E-state index contributed by atoms with van der Waals surface area (Å²) in [5, 5.41) is 31.7. The third-order valence-corrected chi connectivity index (χ3v) is 4.52. The van der Waals surface area contributed by atoms with Crippen LogP contribution >= 0.6 is 0 Å². The maximum Gasteiger partial charge on any atom is 0.414 e. The van der Waals surface area contributed by atoms with E-state index in [-0.39, 0.29) is 0 Å². The van der Waals surface area contributed by atoms with E-state index in [2.05, 4.69) is 28.6 Å². The van der Waals surface area contributed by atoms with Gasteiger partial charge in [-0.3, -0.25) is 4.68 Å². The molecule has 1 heterocycles. The van der Waals surface area contributed by atoms with Crippen LogP contribution in [-0.2, 0) is 22.7 Å². The molecule has 0 amide bonds. The number of nitrogens with one attached hydrogen (secondary N) is 1. The first-order valence-corrected chi connectivity index (χ1v) is 11.0. The van der Waals surface area contributed by atoms with Crippen LogP contribution < -0.4 is 14.8 Å². The molecule has 10 heteroatoms. The molecule has 0 saturated carbocycles. The summed E-state index contributed by atoms with van der Waals surface area (Å²) in [4.78, 5) is 18.2. The van der Waals surface area contributed by atoms with E-state index in [1.165, 1.54) is 0 Å². The van der Waals surface area contributed by atoms with Crippen molar-refractivity contribution in [2.24, 2.45) is 0 Å². The van der Waals surface area contributed by atoms with Crippen LogP contribution in [0, 0.1) is 11.3 Å². The molecule has 0 aliphatic rings. The Hall–Kier alpha value is -4.36. The van der Waals surface area contributed by atoms with E-state index in [0.717, 1.165) is 28.3 Å². The van der Waals surface area contributed by atoms with Crippen LogP contribution in [0.4, 0.5) is 0 Å². The summed E-state index contributed by atoms with van der Waals surface area (Å²) < 4.78 is 13.1. The number of ether oxygens (including phenoxy) is 2. The normalized spacial score (nSPS) is 9.94. The zero-order valence-electron chi connectivity index (χ0n) is 19.4. The lowest BCUT2D eigenvalue weighted by Crippen LogP contribution is -2.20. The molecule has 0 aliphatic heterocycles. The van der Waals surface area contributed by atoms with Crippen molar-refractivity contribution in [1.82, 2.24) is 15.1 Å². The number of carboxylic acid groups (broad SMARTS) is 2. The molecule has 0 fully saturated rings. The zero-order chi connectivity index (χ0) is 25.5. The van der Waals surface area contributed by atoms with Gasteiger partial charge in [0, 0.05) is 30.4 Å². The third-order valence-electron chi connectivity index (χ3n) is 4.52. The molecule has 0 bridgehead atoms. The number of carboxylic acids is 2. The van der Waals surface area contributed by atoms with Crippen LogP contribution in [0.2, 0.25) is 0 Å². The van der Waals surface area contributed by atoms with Crippen LogP contribution in [0.3, 0.4) is 0 Å². The van der Waals surface area contributed by atoms with E-state index in [4.69, 9.17) is 34.5 Å². The quantitative estimate of drug-likeness (QED) is 0.278. The Bertz CT molecular complexity index is 1100. The second-order valence-corrected chi connectivity index (χ2v) is 7.08. The molecule has 35 heavy (non-hydrogen) atoms. The summed E-state index contributed by atoms with van der Waals surface area (Å²) in [6, 6.07) is 19.9. The second kappa shape index (κ2) is 14.7. The van der Waals surface area contributed by atoms with Crippen molar-refractivity contribution < 1.29 is 29.3 Å².